The Bertz CT molecular complexity index is 801. The lowest BCUT2D eigenvalue weighted by Crippen LogP contribution is -2.30. The minimum Gasteiger partial charge on any atom is -0.369 e. The van der Waals surface area contributed by atoms with Crippen LogP contribution in [0.5, 0.6) is 0 Å². The van der Waals surface area contributed by atoms with Crippen LogP contribution < -0.4 is 16.6 Å². The Hall–Kier alpha value is -2.51. The summed E-state index contributed by atoms with van der Waals surface area (Å²) < 4.78 is 38.2. The zero-order chi connectivity index (χ0) is 17.3. The third kappa shape index (κ3) is 3.52. The second-order valence-corrected chi connectivity index (χ2v) is 5.97. The van der Waals surface area contributed by atoms with Gasteiger partial charge in [-0.15, -0.1) is 0 Å². The molecule has 1 aliphatic heterocycles. The molecule has 4 N–H and O–H groups in total. The molecule has 0 saturated heterocycles. The van der Waals surface area contributed by atoms with Gasteiger partial charge < -0.3 is 11.1 Å². The maximum Gasteiger partial charge on any atom is 0.416 e. The summed E-state index contributed by atoms with van der Waals surface area (Å²) >= 11 is 0. The van der Waals surface area contributed by atoms with Crippen molar-refractivity contribution in [3.63, 3.8) is 0 Å². The lowest BCUT2D eigenvalue weighted by molar-refractivity contribution is -0.137. The molecule has 24 heavy (non-hydrogen) atoms. The Morgan fingerprint density at radius 1 is 1.33 bits per heavy atom. The smallest absolute Gasteiger partial charge is 0.369 e. The zero-order valence-electron chi connectivity index (χ0n) is 12.8. The van der Waals surface area contributed by atoms with Crippen molar-refractivity contribution >= 4 is 11.8 Å². The summed E-state index contributed by atoms with van der Waals surface area (Å²) in [6, 6.07) is 5.36. The van der Waals surface area contributed by atoms with Gasteiger partial charge in [-0.25, -0.2) is 0 Å². The molecule has 2 heterocycles. The van der Waals surface area contributed by atoms with Crippen molar-refractivity contribution in [2.75, 3.05) is 17.6 Å². The number of hydrogen-bond acceptors (Lipinski definition) is 4. The summed E-state index contributed by atoms with van der Waals surface area (Å²) in [6.07, 6.45) is -2.60. The van der Waals surface area contributed by atoms with Crippen molar-refractivity contribution in [1.29, 1.82) is 0 Å². The van der Waals surface area contributed by atoms with Crippen LogP contribution in [-0.2, 0) is 19.0 Å². The fraction of sp³-hybridized carbons (Fsp3) is 0.375. The van der Waals surface area contributed by atoms with Crippen LogP contribution in [0.4, 0.5) is 24.9 Å². The van der Waals surface area contributed by atoms with Crippen molar-refractivity contribution in [2.24, 2.45) is 5.92 Å². The maximum atomic E-state index is 12.7. The van der Waals surface area contributed by atoms with Crippen LogP contribution in [0.25, 0.3) is 0 Å². The normalized spacial score (nSPS) is 17.2. The molecule has 2 aromatic rings. The van der Waals surface area contributed by atoms with Crippen LogP contribution in [0.2, 0.25) is 0 Å². The summed E-state index contributed by atoms with van der Waals surface area (Å²) in [4.78, 5) is 18.4. The molecule has 3 rings (SSSR count). The first-order valence-electron chi connectivity index (χ1n) is 7.61. The van der Waals surface area contributed by atoms with E-state index in [-0.39, 0.29) is 17.4 Å². The molecule has 0 fully saturated rings. The molecular formula is C16H17F3N4O. The first kappa shape index (κ1) is 16.4. The number of nitrogens with one attached hydrogen (secondary N) is 2. The largest absolute Gasteiger partial charge is 0.416 e. The van der Waals surface area contributed by atoms with Gasteiger partial charge in [-0.2, -0.15) is 18.2 Å². The number of anilines is 2. The van der Waals surface area contributed by atoms with Crippen LogP contribution >= 0.6 is 0 Å². The van der Waals surface area contributed by atoms with E-state index >= 15 is 0 Å². The van der Waals surface area contributed by atoms with Gasteiger partial charge in [0.2, 0.25) is 5.95 Å². The van der Waals surface area contributed by atoms with Crippen molar-refractivity contribution in [1.82, 2.24) is 9.97 Å². The van der Waals surface area contributed by atoms with Gasteiger partial charge in [-0.05, 0) is 36.8 Å². The quantitative estimate of drug-likeness (QED) is 0.803. The minimum absolute atomic E-state index is 0.0636. The van der Waals surface area contributed by atoms with E-state index in [1.54, 1.807) is 6.07 Å². The standard InChI is InChI=1S/C16H17F3N4O/c17-16(18,19)11-3-1-2-9(6-11)4-5-10-7-12-13(21-8-10)22-15(20)23-14(12)24/h1-3,6,10H,4-5,7-8H2,(H4,20,21,22,23,24). The predicted octanol–water partition coefficient (Wildman–Crippen LogP) is 2.59. The number of nitrogens with two attached hydrogens (primary N) is 1. The van der Waals surface area contributed by atoms with E-state index in [1.807, 2.05) is 0 Å². The van der Waals surface area contributed by atoms with Gasteiger partial charge in [-0.3, -0.25) is 9.78 Å². The van der Waals surface area contributed by atoms with Crippen LogP contribution in [-0.4, -0.2) is 16.5 Å². The third-order valence-electron chi connectivity index (χ3n) is 4.18. The first-order valence-corrected chi connectivity index (χ1v) is 7.61. The number of hydrogen-bond donors (Lipinski definition) is 3. The van der Waals surface area contributed by atoms with E-state index in [2.05, 4.69) is 15.3 Å². The van der Waals surface area contributed by atoms with Gasteiger partial charge in [0.25, 0.3) is 5.56 Å². The van der Waals surface area contributed by atoms with Crippen LogP contribution in [0.15, 0.2) is 29.1 Å². The molecule has 0 saturated carbocycles. The highest BCUT2D eigenvalue weighted by molar-refractivity contribution is 5.48. The van der Waals surface area contributed by atoms with Crippen LogP contribution in [0, 0.1) is 5.92 Å². The molecule has 8 heteroatoms. The van der Waals surface area contributed by atoms with E-state index in [1.165, 1.54) is 12.1 Å². The van der Waals surface area contributed by atoms with E-state index in [4.69, 9.17) is 5.73 Å². The molecule has 0 aliphatic carbocycles. The molecule has 0 amide bonds. The second-order valence-electron chi connectivity index (χ2n) is 5.97. The molecule has 128 valence electrons. The number of fused-ring (bicyclic) bond motifs is 1. The third-order valence-corrected chi connectivity index (χ3v) is 4.18. The molecule has 1 aliphatic rings. The summed E-state index contributed by atoms with van der Waals surface area (Å²) in [7, 11) is 0. The number of aromatic amines is 1. The van der Waals surface area contributed by atoms with Crippen molar-refractivity contribution in [2.45, 2.75) is 25.4 Å². The van der Waals surface area contributed by atoms with Crippen molar-refractivity contribution in [3.05, 3.63) is 51.3 Å². The fourth-order valence-corrected chi connectivity index (χ4v) is 2.93. The molecule has 1 aromatic carbocycles. The molecule has 1 unspecified atom stereocenters. The first-order chi connectivity index (χ1) is 11.3. The van der Waals surface area contributed by atoms with Crippen molar-refractivity contribution < 1.29 is 13.2 Å². The van der Waals surface area contributed by atoms with Gasteiger partial charge >= 0.3 is 6.18 Å². The summed E-state index contributed by atoms with van der Waals surface area (Å²) in [5, 5.41) is 3.08. The Morgan fingerprint density at radius 3 is 2.88 bits per heavy atom. The Balaban J connectivity index is 1.67. The topological polar surface area (TPSA) is 83.8 Å². The minimum atomic E-state index is -4.33. The van der Waals surface area contributed by atoms with Crippen LogP contribution in [0.1, 0.15) is 23.1 Å². The molecule has 0 bridgehead atoms. The lowest BCUT2D eigenvalue weighted by atomic mass is 9.90. The summed E-state index contributed by atoms with van der Waals surface area (Å²) in [6.45, 7) is 0.613. The number of nitrogen functional groups attached to an aromatic ring is 1. The maximum absolute atomic E-state index is 12.7. The number of nitrogens with zero attached hydrogens (tertiary/aromatic N) is 1. The number of alkyl halides is 3. The molecule has 1 atom stereocenters. The number of aromatic nitrogens is 2. The molecule has 0 radical (unpaired) electrons. The molecular weight excluding hydrogens is 321 g/mol. The fourth-order valence-electron chi connectivity index (χ4n) is 2.93. The molecule has 5 nitrogen and oxygen atoms in total. The van der Waals surface area contributed by atoms with Crippen LogP contribution in [0.3, 0.4) is 0 Å². The highest BCUT2D eigenvalue weighted by Gasteiger charge is 2.30. The number of benzene rings is 1. The number of halogens is 3. The average Bonchev–Trinajstić information content (AvgIpc) is 2.52. The highest BCUT2D eigenvalue weighted by Crippen LogP contribution is 2.30. The Morgan fingerprint density at radius 2 is 2.12 bits per heavy atom. The number of rotatable bonds is 3. The van der Waals surface area contributed by atoms with Crippen molar-refractivity contribution in [3.8, 4) is 0 Å². The monoisotopic (exact) mass is 338 g/mol. The summed E-state index contributed by atoms with van der Waals surface area (Å²) in [5.74, 6) is 0.707. The van der Waals surface area contributed by atoms with E-state index in [0.717, 1.165) is 6.07 Å². The summed E-state index contributed by atoms with van der Waals surface area (Å²) in [5.41, 5.74) is 5.78. The van der Waals surface area contributed by atoms with Gasteiger partial charge in [0.1, 0.15) is 5.82 Å². The van der Waals surface area contributed by atoms with Gasteiger partial charge in [0.05, 0.1) is 11.1 Å². The molecule has 1 aromatic heterocycles. The van der Waals surface area contributed by atoms with E-state index < -0.39 is 11.7 Å². The SMILES string of the molecule is Nc1nc2c(c(=O)[nH]1)CC(CCc1cccc(C(F)(F)F)c1)CN2. The predicted molar refractivity (Wildman–Crippen MR) is 84.7 cm³/mol. The average molecular weight is 338 g/mol. The van der Waals surface area contributed by atoms with Gasteiger partial charge in [-0.1, -0.05) is 18.2 Å². The van der Waals surface area contributed by atoms with Gasteiger partial charge in [0, 0.05) is 6.54 Å². The van der Waals surface area contributed by atoms with E-state index in [0.29, 0.717) is 42.8 Å². The second kappa shape index (κ2) is 6.18. The molecule has 0 spiro atoms. The van der Waals surface area contributed by atoms with Gasteiger partial charge in [0.15, 0.2) is 0 Å². The van der Waals surface area contributed by atoms with E-state index in [9.17, 15) is 18.0 Å². The highest BCUT2D eigenvalue weighted by atomic mass is 19.4. The zero-order valence-corrected chi connectivity index (χ0v) is 12.8. The number of H-pyrrole nitrogens is 1. The number of aryl methyl sites for hydroxylation is 1. The Labute approximate surface area is 136 Å². The lowest BCUT2D eigenvalue weighted by Gasteiger charge is -2.24. The Kier molecular flexibility index (Phi) is 4.21.